The Morgan fingerprint density at radius 1 is 1.27 bits per heavy atom. The summed E-state index contributed by atoms with van der Waals surface area (Å²) >= 11 is 0. The number of morpholine rings is 1. The van der Waals surface area contributed by atoms with Gasteiger partial charge < -0.3 is 14.4 Å². The molecule has 1 aromatic heterocycles. The number of aromatic nitrogens is 2. The van der Waals surface area contributed by atoms with Crippen LogP contribution in [0.25, 0.3) is 5.70 Å². The van der Waals surface area contributed by atoms with Crippen molar-refractivity contribution in [3.05, 3.63) is 23.5 Å². The molecular weight excluding hydrogens is 330 g/mol. The highest BCUT2D eigenvalue weighted by Crippen LogP contribution is 2.31. The van der Waals surface area contributed by atoms with E-state index < -0.39 is 5.60 Å². The molecule has 1 aliphatic carbocycles. The van der Waals surface area contributed by atoms with Crippen LogP contribution in [0.15, 0.2) is 6.58 Å². The van der Waals surface area contributed by atoms with E-state index in [0.717, 1.165) is 49.4 Å². The highest BCUT2D eigenvalue weighted by atomic mass is 16.6. The van der Waals surface area contributed by atoms with E-state index in [1.165, 1.54) is 5.56 Å². The second-order valence-electron chi connectivity index (χ2n) is 8.48. The van der Waals surface area contributed by atoms with Crippen molar-refractivity contribution in [1.82, 2.24) is 14.7 Å². The zero-order valence-electron chi connectivity index (χ0n) is 16.7. The number of carbonyl (C=O) groups excluding carboxylic acids is 1. The molecule has 1 aromatic rings. The van der Waals surface area contributed by atoms with E-state index in [9.17, 15) is 4.79 Å². The minimum absolute atomic E-state index is 0.156. The Bertz CT molecular complexity index is 692. The monoisotopic (exact) mass is 361 g/mol. The van der Waals surface area contributed by atoms with Crippen LogP contribution >= 0.6 is 0 Å². The van der Waals surface area contributed by atoms with Crippen LogP contribution in [0.1, 0.15) is 58.0 Å². The van der Waals surface area contributed by atoms with Crippen molar-refractivity contribution >= 4 is 11.7 Å². The Morgan fingerprint density at radius 2 is 1.92 bits per heavy atom. The minimum atomic E-state index is -0.486. The van der Waals surface area contributed by atoms with Crippen molar-refractivity contribution in [2.24, 2.45) is 0 Å². The van der Waals surface area contributed by atoms with Crippen LogP contribution in [0.5, 0.6) is 0 Å². The third-order valence-corrected chi connectivity index (χ3v) is 4.78. The summed E-state index contributed by atoms with van der Waals surface area (Å²) in [7, 11) is 0. The lowest BCUT2D eigenvalue weighted by molar-refractivity contribution is -0.155. The van der Waals surface area contributed by atoms with Crippen molar-refractivity contribution in [2.75, 3.05) is 13.1 Å². The fourth-order valence-electron chi connectivity index (χ4n) is 3.92. The van der Waals surface area contributed by atoms with E-state index in [0.29, 0.717) is 0 Å². The van der Waals surface area contributed by atoms with Crippen LogP contribution in [0.3, 0.4) is 0 Å². The van der Waals surface area contributed by atoms with Gasteiger partial charge in [-0.05, 0) is 53.9 Å². The van der Waals surface area contributed by atoms with Gasteiger partial charge in [0.25, 0.3) is 0 Å². The Hall–Kier alpha value is -1.82. The first-order valence-corrected chi connectivity index (χ1v) is 9.54. The summed E-state index contributed by atoms with van der Waals surface area (Å²) in [5, 5.41) is 4.76. The van der Waals surface area contributed by atoms with E-state index in [2.05, 4.69) is 25.3 Å². The minimum Gasteiger partial charge on any atom is -0.459 e. The molecule has 2 aliphatic rings. The lowest BCUT2D eigenvalue weighted by Crippen LogP contribution is -2.44. The van der Waals surface area contributed by atoms with Gasteiger partial charge in [-0.15, -0.1) is 0 Å². The van der Waals surface area contributed by atoms with Crippen molar-refractivity contribution < 1.29 is 14.3 Å². The fraction of sp³-hybridized carbons (Fsp3) is 0.700. The third kappa shape index (κ3) is 4.11. The van der Waals surface area contributed by atoms with E-state index in [1.54, 1.807) is 0 Å². The van der Waals surface area contributed by atoms with Crippen LogP contribution in [0.4, 0.5) is 0 Å². The van der Waals surface area contributed by atoms with E-state index in [1.807, 2.05) is 25.5 Å². The molecule has 144 valence electrons. The molecule has 3 rings (SSSR count). The number of esters is 1. The topological polar surface area (TPSA) is 56.6 Å². The average molecular weight is 361 g/mol. The molecule has 26 heavy (non-hydrogen) atoms. The molecule has 0 amide bonds. The Balaban J connectivity index is 1.81. The SMILES string of the molecule is C=C(c1nn(CC(=O)OC(C)(C)C)c2c1CCC2)N1C[C@@H](C)O[C@@H](C)C1. The molecule has 1 aliphatic heterocycles. The second-order valence-corrected chi connectivity index (χ2v) is 8.48. The van der Waals surface area contributed by atoms with Gasteiger partial charge in [0.1, 0.15) is 17.8 Å². The molecule has 6 nitrogen and oxygen atoms in total. The molecule has 1 saturated heterocycles. The number of hydrogen-bond donors (Lipinski definition) is 0. The molecule has 0 unspecified atom stereocenters. The van der Waals surface area contributed by atoms with Crippen LogP contribution in [0.2, 0.25) is 0 Å². The Labute approximate surface area is 156 Å². The normalized spacial score (nSPS) is 23.0. The number of rotatable bonds is 4. The summed E-state index contributed by atoms with van der Waals surface area (Å²) < 4.78 is 13.1. The lowest BCUT2D eigenvalue weighted by atomic mass is 10.1. The highest BCUT2D eigenvalue weighted by Gasteiger charge is 2.30. The maximum Gasteiger partial charge on any atom is 0.328 e. The van der Waals surface area contributed by atoms with Crippen molar-refractivity contribution in [3.63, 3.8) is 0 Å². The van der Waals surface area contributed by atoms with Crippen LogP contribution in [0, 0.1) is 0 Å². The summed E-state index contributed by atoms with van der Waals surface area (Å²) in [6.45, 7) is 15.9. The number of nitrogens with zero attached hydrogens (tertiary/aromatic N) is 3. The number of hydrogen-bond acceptors (Lipinski definition) is 5. The average Bonchev–Trinajstić information content (AvgIpc) is 3.07. The first kappa shape index (κ1) is 19.0. The highest BCUT2D eigenvalue weighted by molar-refractivity contribution is 5.70. The fourth-order valence-corrected chi connectivity index (χ4v) is 3.92. The zero-order valence-corrected chi connectivity index (χ0v) is 16.7. The maximum atomic E-state index is 12.3. The molecule has 0 radical (unpaired) electrons. The first-order valence-electron chi connectivity index (χ1n) is 9.54. The van der Waals surface area contributed by atoms with Crippen molar-refractivity contribution in [3.8, 4) is 0 Å². The quantitative estimate of drug-likeness (QED) is 0.772. The maximum absolute atomic E-state index is 12.3. The van der Waals surface area contributed by atoms with Gasteiger partial charge >= 0.3 is 5.97 Å². The molecule has 0 spiro atoms. The Kier molecular flexibility index (Phi) is 5.15. The summed E-state index contributed by atoms with van der Waals surface area (Å²) in [5.41, 5.74) is 3.78. The van der Waals surface area contributed by atoms with Gasteiger partial charge in [-0.1, -0.05) is 6.58 Å². The lowest BCUT2D eigenvalue weighted by Gasteiger charge is -2.37. The first-order chi connectivity index (χ1) is 12.1. The molecule has 0 aromatic carbocycles. The van der Waals surface area contributed by atoms with Gasteiger partial charge in [0.2, 0.25) is 0 Å². The standard InChI is InChI=1S/C20H31N3O3/c1-13-10-22(11-14(2)25-13)15(3)19-16-8-7-9-17(16)23(21-19)12-18(24)26-20(4,5)6/h13-14H,3,7-12H2,1-2,4-6H3/t13-,14+. The number of ether oxygens (including phenoxy) is 2. The van der Waals surface area contributed by atoms with E-state index >= 15 is 0 Å². The molecule has 0 saturated carbocycles. The molecule has 0 bridgehead atoms. The zero-order chi connectivity index (χ0) is 19.1. The van der Waals surface area contributed by atoms with E-state index in [-0.39, 0.29) is 24.7 Å². The number of fused-ring (bicyclic) bond motifs is 1. The van der Waals surface area contributed by atoms with Gasteiger partial charge in [-0.3, -0.25) is 9.48 Å². The van der Waals surface area contributed by atoms with Gasteiger partial charge in [-0.25, -0.2) is 0 Å². The van der Waals surface area contributed by atoms with Gasteiger partial charge in [0.05, 0.1) is 17.9 Å². The number of carbonyl (C=O) groups is 1. The Morgan fingerprint density at radius 3 is 2.54 bits per heavy atom. The summed E-state index contributed by atoms with van der Waals surface area (Å²) in [6.07, 6.45) is 3.39. The molecular formula is C20H31N3O3. The van der Waals surface area contributed by atoms with Gasteiger partial charge in [0, 0.05) is 24.3 Å². The molecule has 2 atom stereocenters. The van der Waals surface area contributed by atoms with Gasteiger partial charge in [0.15, 0.2) is 0 Å². The summed E-state index contributed by atoms with van der Waals surface area (Å²) in [5.74, 6) is -0.250. The predicted molar refractivity (Wildman–Crippen MR) is 101 cm³/mol. The molecule has 2 heterocycles. The molecule has 6 heteroatoms. The molecule has 0 N–H and O–H groups in total. The third-order valence-electron chi connectivity index (χ3n) is 4.78. The largest absolute Gasteiger partial charge is 0.459 e. The smallest absolute Gasteiger partial charge is 0.328 e. The van der Waals surface area contributed by atoms with Gasteiger partial charge in [-0.2, -0.15) is 5.10 Å². The van der Waals surface area contributed by atoms with Crippen molar-refractivity contribution in [1.29, 1.82) is 0 Å². The molecule has 1 fully saturated rings. The predicted octanol–water partition coefficient (Wildman–Crippen LogP) is 2.79. The van der Waals surface area contributed by atoms with E-state index in [4.69, 9.17) is 14.6 Å². The van der Waals surface area contributed by atoms with Crippen LogP contribution < -0.4 is 0 Å². The second kappa shape index (κ2) is 7.06. The van der Waals surface area contributed by atoms with Crippen molar-refractivity contribution in [2.45, 2.75) is 78.2 Å². The van der Waals surface area contributed by atoms with Crippen LogP contribution in [-0.2, 0) is 33.7 Å². The summed E-state index contributed by atoms with van der Waals surface area (Å²) in [6, 6.07) is 0. The van der Waals surface area contributed by atoms with Crippen LogP contribution in [-0.4, -0.2) is 51.5 Å². The summed E-state index contributed by atoms with van der Waals surface area (Å²) in [4.78, 5) is 14.5.